The number of hydrogen-bond acceptors (Lipinski definition) is 6. The summed E-state index contributed by atoms with van der Waals surface area (Å²) in [5.74, 6) is 2.84. The van der Waals surface area contributed by atoms with Crippen LogP contribution < -0.4 is 0 Å². The summed E-state index contributed by atoms with van der Waals surface area (Å²) in [6.07, 6.45) is 12.2. The van der Waals surface area contributed by atoms with Crippen LogP contribution in [-0.4, -0.2) is 77.2 Å². The van der Waals surface area contributed by atoms with Gasteiger partial charge in [0.1, 0.15) is 5.60 Å². The third-order valence-electron chi connectivity index (χ3n) is 9.33. The van der Waals surface area contributed by atoms with Crippen LogP contribution in [0.2, 0.25) is 5.02 Å². The Kier molecular flexibility index (Phi) is 16.6. The number of rotatable bonds is 11. The third kappa shape index (κ3) is 12.0. The molecule has 3 aliphatic rings. The average Bonchev–Trinajstić information content (AvgIpc) is 3.09. The van der Waals surface area contributed by atoms with Crippen molar-refractivity contribution in [1.29, 1.82) is 0 Å². The molecule has 0 aromatic heterocycles. The lowest BCUT2D eigenvalue weighted by Crippen LogP contribution is -2.41. The van der Waals surface area contributed by atoms with E-state index >= 15 is 0 Å². The fourth-order valence-electron chi connectivity index (χ4n) is 6.72. The maximum absolute atomic E-state index is 10.4. The molecule has 7 heteroatoms. The molecule has 6 rings (SSSR count). The Hall–Kier alpha value is -2.73. The molecule has 2 unspecified atom stereocenters. The normalized spacial score (nSPS) is 18.3. The van der Waals surface area contributed by atoms with E-state index in [9.17, 15) is 10.2 Å². The molecule has 48 heavy (non-hydrogen) atoms. The summed E-state index contributed by atoms with van der Waals surface area (Å²) in [5.41, 5.74) is 6.23. The van der Waals surface area contributed by atoms with Gasteiger partial charge in [-0.1, -0.05) is 99.5 Å². The van der Waals surface area contributed by atoms with Crippen molar-refractivity contribution in [2.24, 2.45) is 0 Å². The quantitative estimate of drug-likeness (QED) is 0.208. The lowest BCUT2D eigenvalue weighted by atomic mass is 9.85. The highest BCUT2D eigenvalue weighted by atomic mass is 35.5. The Morgan fingerprint density at radius 3 is 1.75 bits per heavy atom. The van der Waals surface area contributed by atoms with Crippen LogP contribution in [0.5, 0.6) is 0 Å². The second-order valence-corrected chi connectivity index (χ2v) is 13.4. The van der Waals surface area contributed by atoms with Gasteiger partial charge in [0.2, 0.25) is 0 Å². The van der Waals surface area contributed by atoms with Crippen molar-refractivity contribution in [2.75, 3.05) is 39.4 Å². The maximum atomic E-state index is 10.4. The third-order valence-corrected chi connectivity index (χ3v) is 9.58. The van der Waals surface area contributed by atoms with Gasteiger partial charge in [-0.3, -0.25) is 9.80 Å². The van der Waals surface area contributed by atoms with Gasteiger partial charge in [-0.15, -0.1) is 6.42 Å². The molecule has 0 radical (unpaired) electrons. The van der Waals surface area contributed by atoms with E-state index < -0.39 is 17.8 Å². The Morgan fingerprint density at radius 2 is 1.23 bits per heavy atom. The van der Waals surface area contributed by atoms with E-state index in [2.05, 4.69) is 64.3 Å². The Balaban J connectivity index is 0.000000250. The van der Waals surface area contributed by atoms with Crippen molar-refractivity contribution in [3.05, 3.63) is 106 Å². The monoisotopic (exact) mass is 676 g/mol. The van der Waals surface area contributed by atoms with Gasteiger partial charge in [-0.2, -0.15) is 0 Å². The van der Waals surface area contributed by atoms with E-state index in [4.69, 9.17) is 27.5 Å². The number of benzene rings is 3. The molecule has 2 atom stereocenters. The summed E-state index contributed by atoms with van der Waals surface area (Å²) in [5, 5.41) is 21.3. The van der Waals surface area contributed by atoms with Crippen molar-refractivity contribution >= 4 is 11.6 Å². The number of β-amino-alcohol motifs (C(OH)–C–C–N with tert-alkyl or cyclic N) is 2. The van der Waals surface area contributed by atoms with Gasteiger partial charge in [-0.25, -0.2) is 0 Å². The number of fused-ring (bicyclic) bond motifs is 2. The van der Waals surface area contributed by atoms with Crippen LogP contribution in [0, 0.1) is 12.3 Å². The SMILES string of the molecule is C.C.C#CC1(OCC(O)CN2CCc3ccccc3C2)CCCCC1.OC(COCc1ccc(Cl)cc1)CN1CCc2ccccc2C1. The van der Waals surface area contributed by atoms with E-state index in [1.807, 2.05) is 24.3 Å². The van der Waals surface area contributed by atoms with Crippen molar-refractivity contribution in [3.8, 4) is 12.3 Å². The van der Waals surface area contributed by atoms with Crippen molar-refractivity contribution in [1.82, 2.24) is 9.80 Å². The molecule has 1 fully saturated rings. The summed E-state index contributed by atoms with van der Waals surface area (Å²) in [6.45, 7) is 6.28. The molecule has 2 aliphatic heterocycles. The number of nitrogens with zero attached hydrogens (tertiary/aromatic N) is 2. The minimum absolute atomic E-state index is 0. The second-order valence-electron chi connectivity index (χ2n) is 13.0. The Bertz CT molecular complexity index is 1400. The first-order valence-corrected chi connectivity index (χ1v) is 17.2. The highest BCUT2D eigenvalue weighted by Crippen LogP contribution is 2.31. The highest BCUT2D eigenvalue weighted by molar-refractivity contribution is 6.30. The zero-order chi connectivity index (χ0) is 32.2. The fourth-order valence-corrected chi connectivity index (χ4v) is 6.85. The molecule has 262 valence electrons. The molecular formula is C41H57ClN2O4. The summed E-state index contributed by atoms with van der Waals surface area (Å²) < 4.78 is 11.6. The smallest absolute Gasteiger partial charge is 0.128 e. The molecule has 1 saturated carbocycles. The molecule has 2 N–H and O–H groups in total. The lowest BCUT2D eigenvalue weighted by molar-refractivity contribution is -0.0703. The number of aliphatic hydroxyl groups excluding tert-OH is 2. The van der Waals surface area contributed by atoms with Crippen LogP contribution in [-0.2, 0) is 42.0 Å². The summed E-state index contributed by atoms with van der Waals surface area (Å²) in [6, 6.07) is 24.7. The average molecular weight is 677 g/mol. The molecule has 0 saturated heterocycles. The minimum atomic E-state index is -0.479. The van der Waals surface area contributed by atoms with Crippen molar-refractivity contribution < 1.29 is 19.7 Å². The maximum Gasteiger partial charge on any atom is 0.128 e. The number of ether oxygens (including phenoxy) is 2. The van der Waals surface area contributed by atoms with Gasteiger partial charge in [0.15, 0.2) is 0 Å². The first kappa shape index (κ1) is 39.7. The molecule has 0 spiro atoms. The van der Waals surface area contributed by atoms with Gasteiger partial charge in [-0.05, 0) is 78.5 Å². The van der Waals surface area contributed by atoms with Crippen LogP contribution in [0.3, 0.4) is 0 Å². The first-order chi connectivity index (χ1) is 22.4. The standard InChI is InChI=1S/C20H27NO2.C19H22ClNO2.2CH4/c1-2-20(11-6-3-7-12-20)23-16-19(22)15-21-13-10-17-8-4-5-9-18(17)14-21;20-18-7-5-15(6-8-18)13-23-14-19(22)12-21-10-9-16-3-1-2-4-17(16)11-21;;/h1,4-5,8-9,19,22H,3,6-7,10-16H2;1-8,19,22H,9-14H2;2*1H4. The molecule has 6 nitrogen and oxygen atoms in total. The Morgan fingerprint density at radius 1 is 0.729 bits per heavy atom. The van der Waals surface area contributed by atoms with E-state index in [0.29, 0.717) is 32.9 Å². The minimum Gasteiger partial charge on any atom is -0.389 e. The van der Waals surface area contributed by atoms with Gasteiger partial charge < -0.3 is 19.7 Å². The predicted molar refractivity (Wildman–Crippen MR) is 198 cm³/mol. The highest BCUT2D eigenvalue weighted by Gasteiger charge is 2.31. The molecule has 2 heterocycles. The number of halogens is 1. The topological polar surface area (TPSA) is 65.4 Å². The molecule has 3 aromatic carbocycles. The van der Waals surface area contributed by atoms with Crippen molar-refractivity contribution in [2.45, 2.75) is 97.3 Å². The number of terminal acetylenes is 1. The molecule has 3 aromatic rings. The van der Waals surface area contributed by atoms with Gasteiger partial charge in [0.05, 0.1) is 32.0 Å². The summed E-state index contributed by atoms with van der Waals surface area (Å²) >= 11 is 5.85. The lowest BCUT2D eigenvalue weighted by Gasteiger charge is -2.34. The van der Waals surface area contributed by atoms with Crippen LogP contribution in [0.25, 0.3) is 0 Å². The number of aliphatic hydroxyl groups is 2. The summed E-state index contributed by atoms with van der Waals surface area (Å²) in [7, 11) is 0. The molecule has 1 aliphatic carbocycles. The van der Waals surface area contributed by atoms with E-state index in [1.165, 1.54) is 28.7 Å². The predicted octanol–water partition coefficient (Wildman–Crippen LogP) is 7.31. The molecule has 0 bridgehead atoms. The molecular weight excluding hydrogens is 620 g/mol. The first-order valence-electron chi connectivity index (χ1n) is 16.8. The van der Waals surface area contributed by atoms with Crippen molar-refractivity contribution in [3.63, 3.8) is 0 Å². The van der Waals surface area contributed by atoms with Crippen LogP contribution in [0.1, 0.15) is 74.8 Å². The van der Waals surface area contributed by atoms with Gasteiger partial charge in [0, 0.05) is 44.3 Å². The van der Waals surface area contributed by atoms with E-state index in [0.717, 1.165) is 75.3 Å². The van der Waals surface area contributed by atoms with Crippen LogP contribution in [0.15, 0.2) is 72.8 Å². The number of hydrogen-bond donors (Lipinski definition) is 2. The van der Waals surface area contributed by atoms with Crippen LogP contribution in [0.4, 0.5) is 0 Å². The van der Waals surface area contributed by atoms with Crippen LogP contribution >= 0.6 is 11.6 Å². The zero-order valence-corrected chi connectivity index (χ0v) is 27.7. The van der Waals surface area contributed by atoms with Gasteiger partial charge >= 0.3 is 0 Å². The van der Waals surface area contributed by atoms with Gasteiger partial charge in [0.25, 0.3) is 0 Å². The molecule has 0 amide bonds. The zero-order valence-electron chi connectivity index (χ0n) is 27.0. The fraction of sp³-hybridized carbons (Fsp3) is 0.512. The Labute approximate surface area is 295 Å². The van der Waals surface area contributed by atoms with E-state index in [-0.39, 0.29) is 14.9 Å². The second kappa shape index (κ2) is 20.1. The van der Waals surface area contributed by atoms with E-state index in [1.54, 1.807) is 0 Å². The largest absolute Gasteiger partial charge is 0.389 e. The summed E-state index contributed by atoms with van der Waals surface area (Å²) in [4.78, 5) is 4.60.